The molecule has 19 heavy (non-hydrogen) atoms. The minimum Gasteiger partial charge on any atom is -0.268 e. The largest absolute Gasteiger partial charge is 0.268 e. The van der Waals surface area contributed by atoms with Crippen molar-refractivity contribution in [3.05, 3.63) is 59.1 Å². The van der Waals surface area contributed by atoms with E-state index in [1.165, 1.54) is 4.40 Å². The molecule has 4 aromatic rings. The van der Waals surface area contributed by atoms with Crippen molar-refractivity contribution in [1.29, 1.82) is 0 Å². The molecule has 0 radical (unpaired) electrons. The Kier molecular flexibility index (Phi) is 1.91. The Bertz CT molecular complexity index is 985. The second-order valence-electron chi connectivity index (χ2n) is 4.26. The Hall–Kier alpha value is -2.82. The van der Waals surface area contributed by atoms with E-state index in [9.17, 15) is 4.79 Å². The van der Waals surface area contributed by atoms with Gasteiger partial charge in [-0.05, 0) is 30.3 Å². The van der Waals surface area contributed by atoms with Gasteiger partial charge in [0.15, 0.2) is 11.3 Å². The fraction of sp³-hybridized carbons (Fsp3) is 0. The number of nitrogens with zero attached hydrogens (tertiary/aromatic N) is 4. The number of hydrogen-bond acceptors (Lipinski definition) is 4. The third kappa shape index (κ3) is 1.41. The van der Waals surface area contributed by atoms with E-state index >= 15 is 0 Å². The highest BCUT2D eigenvalue weighted by Gasteiger charge is 2.07. The molecule has 0 fully saturated rings. The summed E-state index contributed by atoms with van der Waals surface area (Å²) in [6.07, 6.45) is 3.38. The van der Waals surface area contributed by atoms with E-state index in [1.54, 1.807) is 30.6 Å². The van der Waals surface area contributed by atoms with Gasteiger partial charge in [-0.15, -0.1) is 0 Å². The summed E-state index contributed by atoms with van der Waals surface area (Å²) < 4.78 is 1.52. The van der Waals surface area contributed by atoms with E-state index in [1.807, 2.05) is 18.2 Å². The summed E-state index contributed by atoms with van der Waals surface area (Å²) in [5, 5.41) is 1.34. The van der Waals surface area contributed by atoms with E-state index in [0.717, 1.165) is 5.39 Å². The van der Waals surface area contributed by atoms with Crippen LogP contribution in [0.25, 0.3) is 27.7 Å². The van der Waals surface area contributed by atoms with Gasteiger partial charge in [0, 0.05) is 17.8 Å². The predicted molar refractivity (Wildman–Crippen MR) is 72.1 cm³/mol. The molecule has 0 saturated heterocycles. The highest BCUT2D eigenvalue weighted by atomic mass is 16.1. The van der Waals surface area contributed by atoms with Crippen molar-refractivity contribution in [3.63, 3.8) is 0 Å². The zero-order valence-corrected chi connectivity index (χ0v) is 9.82. The number of pyridine rings is 3. The summed E-state index contributed by atoms with van der Waals surface area (Å²) in [6.45, 7) is 0. The highest BCUT2D eigenvalue weighted by molar-refractivity contribution is 5.89. The zero-order chi connectivity index (χ0) is 12.8. The van der Waals surface area contributed by atoms with Gasteiger partial charge in [-0.25, -0.2) is 15.0 Å². The molecule has 0 unspecified atom stereocenters. The molecule has 0 saturated carbocycles. The Labute approximate surface area is 107 Å². The van der Waals surface area contributed by atoms with Crippen molar-refractivity contribution >= 4 is 27.7 Å². The standard InChI is InChI=1S/C14H8N4O/c19-14-10-8-9-4-3-6-15-12(9)17-13(10)16-11-5-1-2-7-18(11)14/h1-8H. The molecular weight excluding hydrogens is 240 g/mol. The first kappa shape index (κ1) is 10.1. The van der Waals surface area contributed by atoms with Gasteiger partial charge in [-0.1, -0.05) is 6.07 Å². The summed E-state index contributed by atoms with van der Waals surface area (Å²) in [5.74, 6) is 0. The van der Waals surface area contributed by atoms with Crippen LogP contribution in [0.5, 0.6) is 0 Å². The summed E-state index contributed by atoms with van der Waals surface area (Å²) in [4.78, 5) is 25.3. The smallest absolute Gasteiger partial charge is 0.267 e. The van der Waals surface area contributed by atoms with Gasteiger partial charge in [0.25, 0.3) is 5.56 Å². The zero-order valence-electron chi connectivity index (χ0n) is 9.82. The normalized spacial score (nSPS) is 11.4. The monoisotopic (exact) mass is 248 g/mol. The maximum absolute atomic E-state index is 12.4. The van der Waals surface area contributed by atoms with E-state index in [-0.39, 0.29) is 5.56 Å². The molecule has 4 aromatic heterocycles. The van der Waals surface area contributed by atoms with E-state index in [0.29, 0.717) is 22.3 Å². The van der Waals surface area contributed by atoms with Crippen LogP contribution in [-0.4, -0.2) is 19.4 Å². The summed E-state index contributed by atoms with van der Waals surface area (Å²) >= 11 is 0. The average Bonchev–Trinajstić information content (AvgIpc) is 2.46. The number of rotatable bonds is 0. The Morgan fingerprint density at radius 2 is 1.95 bits per heavy atom. The van der Waals surface area contributed by atoms with Crippen LogP contribution in [-0.2, 0) is 0 Å². The summed E-state index contributed by atoms with van der Waals surface area (Å²) in [5.41, 5.74) is 1.51. The van der Waals surface area contributed by atoms with Crippen LogP contribution in [0, 0.1) is 0 Å². The molecule has 0 bridgehead atoms. The van der Waals surface area contributed by atoms with Gasteiger partial charge in [0.1, 0.15) is 5.65 Å². The molecule has 0 spiro atoms. The van der Waals surface area contributed by atoms with Crippen molar-refractivity contribution in [2.24, 2.45) is 0 Å². The highest BCUT2D eigenvalue weighted by Crippen LogP contribution is 2.14. The molecule has 0 aliphatic carbocycles. The van der Waals surface area contributed by atoms with E-state index < -0.39 is 0 Å². The lowest BCUT2D eigenvalue weighted by atomic mass is 10.2. The van der Waals surface area contributed by atoms with Crippen molar-refractivity contribution in [3.8, 4) is 0 Å². The molecule has 4 rings (SSSR count). The molecule has 90 valence electrons. The van der Waals surface area contributed by atoms with Gasteiger partial charge in [-0.2, -0.15) is 0 Å². The molecule has 0 amide bonds. The number of hydrogen-bond donors (Lipinski definition) is 0. The maximum atomic E-state index is 12.4. The number of aromatic nitrogens is 4. The minimum absolute atomic E-state index is 0.112. The lowest BCUT2D eigenvalue weighted by Gasteiger charge is -2.03. The second kappa shape index (κ2) is 3.58. The van der Waals surface area contributed by atoms with Crippen LogP contribution in [0.3, 0.4) is 0 Å². The predicted octanol–water partition coefficient (Wildman–Crippen LogP) is 1.79. The van der Waals surface area contributed by atoms with Gasteiger partial charge in [0.2, 0.25) is 0 Å². The Morgan fingerprint density at radius 1 is 1.00 bits per heavy atom. The second-order valence-corrected chi connectivity index (χ2v) is 4.26. The molecule has 0 aliphatic rings. The van der Waals surface area contributed by atoms with Gasteiger partial charge in [-0.3, -0.25) is 9.20 Å². The van der Waals surface area contributed by atoms with Crippen LogP contribution in [0.1, 0.15) is 0 Å². The van der Waals surface area contributed by atoms with Crippen LogP contribution in [0.15, 0.2) is 53.6 Å². The topological polar surface area (TPSA) is 60.2 Å². The summed E-state index contributed by atoms with van der Waals surface area (Å²) in [6, 6.07) is 10.9. The quantitative estimate of drug-likeness (QED) is 0.445. The van der Waals surface area contributed by atoms with Gasteiger partial charge < -0.3 is 0 Å². The lowest BCUT2D eigenvalue weighted by molar-refractivity contribution is 1.07. The van der Waals surface area contributed by atoms with Gasteiger partial charge >= 0.3 is 0 Å². The van der Waals surface area contributed by atoms with Crippen LogP contribution >= 0.6 is 0 Å². The SMILES string of the molecule is O=c1c2cc3cccnc3nc2nc2ccccn12. The average molecular weight is 248 g/mol. The summed E-state index contributed by atoms with van der Waals surface area (Å²) in [7, 11) is 0. The minimum atomic E-state index is -0.112. The molecule has 0 aromatic carbocycles. The molecule has 0 aliphatic heterocycles. The molecule has 0 N–H and O–H groups in total. The van der Waals surface area contributed by atoms with Crippen LogP contribution < -0.4 is 5.56 Å². The third-order valence-electron chi connectivity index (χ3n) is 3.08. The van der Waals surface area contributed by atoms with E-state index in [2.05, 4.69) is 15.0 Å². The first-order valence-electron chi connectivity index (χ1n) is 5.86. The molecule has 0 atom stereocenters. The number of fused-ring (bicyclic) bond motifs is 3. The Balaban J connectivity index is 2.29. The van der Waals surface area contributed by atoms with Crippen molar-refractivity contribution in [2.45, 2.75) is 0 Å². The molecule has 5 nitrogen and oxygen atoms in total. The van der Waals surface area contributed by atoms with Crippen molar-refractivity contribution in [1.82, 2.24) is 19.4 Å². The van der Waals surface area contributed by atoms with E-state index in [4.69, 9.17) is 0 Å². The first-order chi connectivity index (χ1) is 9.33. The van der Waals surface area contributed by atoms with Gasteiger partial charge in [0.05, 0.1) is 5.39 Å². The maximum Gasteiger partial charge on any atom is 0.267 e. The van der Waals surface area contributed by atoms with Crippen molar-refractivity contribution < 1.29 is 0 Å². The fourth-order valence-electron chi connectivity index (χ4n) is 2.17. The fourth-order valence-corrected chi connectivity index (χ4v) is 2.17. The van der Waals surface area contributed by atoms with Crippen LogP contribution in [0.4, 0.5) is 0 Å². The Morgan fingerprint density at radius 3 is 2.89 bits per heavy atom. The van der Waals surface area contributed by atoms with Crippen molar-refractivity contribution in [2.75, 3.05) is 0 Å². The van der Waals surface area contributed by atoms with Crippen LogP contribution in [0.2, 0.25) is 0 Å². The molecular formula is C14H8N4O. The molecule has 5 heteroatoms. The first-order valence-corrected chi connectivity index (χ1v) is 5.86. The molecule has 4 heterocycles. The lowest BCUT2D eigenvalue weighted by Crippen LogP contribution is -2.15. The third-order valence-corrected chi connectivity index (χ3v) is 3.08.